The van der Waals surface area contributed by atoms with Crippen molar-refractivity contribution in [1.29, 1.82) is 10.8 Å². The van der Waals surface area contributed by atoms with E-state index in [0.29, 0.717) is 6.54 Å². The molecular weight excluding hydrogens is 130 g/mol. The first-order valence-electron chi connectivity index (χ1n) is 2.99. The fraction of sp³-hybridized carbons (Fsp3) is 0.600. The molecule has 0 radical (unpaired) electrons. The second-order valence-corrected chi connectivity index (χ2v) is 1.82. The molecule has 0 atom stereocenters. The van der Waals surface area contributed by atoms with Crippen molar-refractivity contribution < 1.29 is 0 Å². The molecule has 0 aromatic carbocycles. The van der Waals surface area contributed by atoms with E-state index in [-0.39, 0.29) is 11.9 Å². The van der Waals surface area contributed by atoms with Crippen LogP contribution in [0.15, 0.2) is 0 Å². The third-order valence-corrected chi connectivity index (χ3v) is 1.04. The van der Waals surface area contributed by atoms with Gasteiger partial charge in [-0.05, 0) is 6.92 Å². The van der Waals surface area contributed by atoms with E-state index in [0.717, 1.165) is 0 Å². The van der Waals surface area contributed by atoms with Crippen LogP contribution < -0.4 is 11.1 Å². The van der Waals surface area contributed by atoms with Crippen molar-refractivity contribution >= 4 is 11.9 Å². The number of hydrogen-bond donors (Lipinski definition) is 4. The molecule has 0 aliphatic carbocycles. The molecule has 0 aromatic rings. The molecule has 0 spiro atoms. The number of nitrogens with zero attached hydrogens (tertiary/aromatic N) is 1. The maximum atomic E-state index is 7.22. The summed E-state index contributed by atoms with van der Waals surface area (Å²) < 4.78 is 0. The van der Waals surface area contributed by atoms with E-state index in [1.165, 1.54) is 4.90 Å². The summed E-state index contributed by atoms with van der Waals surface area (Å²) in [5.41, 5.74) is 5.10. The van der Waals surface area contributed by atoms with Gasteiger partial charge in [0.15, 0.2) is 11.9 Å². The van der Waals surface area contributed by atoms with Crippen LogP contribution in [0.25, 0.3) is 0 Å². The molecule has 0 bridgehead atoms. The lowest BCUT2D eigenvalue weighted by Gasteiger charge is -2.17. The first kappa shape index (κ1) is 8.74. The highest BCUT2D eigenvalue weighted by Crippen LogP contribution is 1.77. The average molecular weight is 143 g/mol. The van der Waals surface area contributed by atoms with Crippen molar-refractivity contribution in [2.75, 3.05) is 13.6 Å². The zero-order valence-electron chi connectivity index (χ0n) is 6.23. The summed E-state index contributed by atoms with van der Waals surface area (Å²) >= 11 is 0. The molecule has 0 saturated carbocycles. The van der Waals surface area contributed by atoms with Crippen LogP contribution in [0.2, 0.25) is 0 Å². The Balaban J connectivity index is 3.82. The molecule has 0 unspecified atom stereocenters. The first-order valence-corrected chi connectivity index (χ1v) is 2.99. The quantitative estimate of drug-likeness (QED) is 0.290. The van der Waals surface area contributed by atoms with Crippen LogP contribution in [0.3, 0.4) is 0 Å². The van der Waals surface area contributed by atoms with Crippen LogP contribution in [0, 0.1) is 10.8 Å². The Hall–Kier alpha value is -1.26. The molecule has 5 nitrogen and oxygen atoms in total. The third-order valence-electron chi connectivity index (χ3n) is 1.04. The number of nitrogens with two attached hydrogens (primary N) is 1. The van der Waals surface area contributed by atoms with Gasteiger partial charge in [0.1, 0.15) is 0 Å². The minimum atomic E-state index is -0.133. The maximum Gasteiger partial charge on any atom is 0.197 e. The topological polar surface area (TPSA) is 89.0 Å². The van der Waals surface area contributed by atoms with Crippen molar-refractivity contribution in [1.82, 2.24) is 10.2 Å². The molecule has 0 aliphatic rings. The molecule has 10 heavy (non-hydrogen) atoms. The molecule has 0 aromatic heterocycles. The summed E-state index contributed by atoms with van der Waals surface area (Å²) in [6.45, 7) is 2.54. The van der Waals surface area contributed by atoms with Gasteiger partial charge in [0.2, 0.25) is 0 Å². The normalized spacial score (nSPS) is 8.60. The van der Waals surface area contributed by atoms with Crippen molar-refractivity contribution in [3.63, 3.8) is 0 Å². The van der Waals surface area contributed by atoms with E-state index in [4.69, 9.17) is 16.6 Å². The third kappa shape index (κ3) is 2.34. The van der Waals surface area contributed by atoms with Crippen molar-refractivity contribution in [3.05, 3.63) is 0 Å². The average Bonchev–Trinajstić information content (AvgIpc) is 1.87. The van der Waals surface area contributed by atoms with E-state index in [1.54, 1.807) is 7.05 Å². The highest BCUT2D eigenvalue weighted by molar-refractivity contribution is 5.94. The molecule has 0 heterocycles. The lowest BCUT2D eigenvalue weighted by Crippen LogP contribution is -2.44. The summed E-state index contributed by atoms with van der Waals surface area (Å²) in [6.07, 6.45) is 0. The number of hydrogen-bond acceptors (Lipinski definition) is 2. The van der Waals surface area contributed by atoms with E-state index >= 15 is 0 Å². The highest BCUT2D eigenvalue weighted by Gasteiger charge is 2.03. The predicted octanol–water partition coefficient (Wildman–Crippen LogP) is -0.644. The Labute approximate surface area is 60.2 Å². The number of guanidine groups is 2. The van der Waals surface area contributed by atoms with E-state index < -0.39 is 0 Å². The van der Waals surface area contributed by atoms with Crippen LogP contribution in [0.4, 0.5) is 0 Å². The molecule has 0 fully saturated rings. The van der Waals surface area contributed by atoms with Gasteiger partial charge in [-0.3, -0.25) is 15.7 Å². The van der Waals surface area contributed by atoms with Crippen LogP contribution in [0.5, 0.6) is 0 Å². The van der Waals surface area contributed by atoms with Crippen molar-refractivity contribution in [2.45, 2.75) is 6.92 Å². The molecule has 0 rings (SSSR count). The molecule has 58 valence electrons. The molecular formula is C5H13N5. The fourth-order valence-corrected chi connectivity index (χ4v) is 0.406. The Kier molecular flexibility index (Phi) is 3.24. The van der Waals surface area contributed by atoms with Gasteiger partial charge in [0, 0.05) is 13.6 Å². The van der Waals surface area contributed by atoms with Gasteiger partial charge in [-0.15, -0.1) is 0 Å². The molecule has 0 aliphatic heterocycles. The second kappa shape index (κ2) is 3.71. The van der Waals surface area contributed by atoms with Gasteiger partial charge in [-0.2, -0.15) is 0 Å². The monoisotopic (exact) mass is 143 g/mol. The largest absolute Gasteiger partial charge is 0.370 e. The smallest absolute Gasteiger partial charge is 0.197 e. The van der Waals surface area contributed by atoms with Gasteiger partial charge in [-0.25, -0.2) is 0 Å². The summed E-state index contributed by atoms with van der Waals surface area (Å²) in [5, 5.41) is 16.9. The van der Waals surface area contributed by atoms with Gasteiger partial charge in [0.25, 0.3) is 0 Å². The van der Waals surface area contributed by atoms with Crippen LogP contribution in [-0.2, 0) is 0 Å². The first-order chi connectivity index (χ1) is 4.59. The molecule has 5 heteroatoms. The van der Waals surface area contributed by atoms with Crippen molar-refractivity contribution in [2.24, 2.45) is 5.73 Å². The number of nitrogens with one attached hydrogen (secondary N) is 3. The Bertz CT molecular complexity index is 141. The Morgan fingerprint density at radius 1 is 1.60 bits per heavy atom. The van der Waals surface area contributed by atoms with Gasteiger partial charge in [-0.1, -0.05) is 0 Å². The minimum Gasteiger partial charge on any atom is -0.370 e. The predicted molar refractivity (Wildman–Crippen MR) is 41.1 cm³/mol. The standard InChI is InChI=1S/C5H13N5/c1-3-9-5(8)10(2)4(6)7/h3H2,1-2H3,(H3,6,7)(H2,8,9). The van der Waals surface area contributed by atoms with Crippen LogP contribution in [-0.4, -0.2) is 30.4 Å². The molecule has 0 saturated heterocycles. The van der Waals surface area contributed by atoms with E-state index in [9.17, 15) is 0 Å². The van der Waals surface area contributed by atoms with Crippen LogP contribution >= 0.6 is 0 Å². The highest BCUT2D eigenvalue weighted by atomic mass is 15.3. The lowest BCUT2D eigenvalue weighted by molar-refractivity contribution is 0.677. The fourth-order valence-electron chi connectivity index (χ4n) is 0.406. The summed E-state index contributed by atoms with van der Waals surface area (Å²) in [5.74, 6) is 0.0148. The minimum absolute atomic E-state index is 0.133. The number of rotatable bonds is 1. The molecule has 0 amide bonds. The SMILES string of the molecule is CCNC(=N)N(C)C(=N)N. The Morgan fingerprint density at radius 3 is 2.40 bits per heavy atom. The molecule has 5 N–H and O–H groups in total. The lowest BCUT2D eigenvalue weighted by atomic mass is 10.6. The zero-order chi connectivity index (χ0) is 8.15. The second-order valence-electron chi connectivity index (χ2n) is 1.82. The van der Waals surface area contributed by atoms with Gasteiger partial charge < -0.3 is 11.1 Å². The van der Waals surface area contributed by atoms with Gasteiger partial charge >= 0.3 is 0 Å². The summed E-state index contributed by atoms with van der Waals surface area (Å²) in [6, 6.07) is 0. The Morgan fingerprint density at radius 2 is 2.10 bits per heavy atom. The summed E-state index contributed by atoms with van der Waals surface area (Å²) in [4.78, 5) is 1.25. The zero-order valence-corrected chi connectivity index (χ0v) is 6.23. The van der Waals surface area contributed by atoms with Gasteiger partial charge in [0.05, 0.1) is 0 Å². The maximum absolute atomic E-state index is 7.22. The van der Waals surface area contributed by atoms with Crippen molar-refractivity contribution in [3.8, 4) is 0 Å². The summed E-state index contributed by atoms with van der Waals surface area (Å²) in [7, 11) is 1.56. The van der Waals surface area contributed by atoms with E-state index in [2.05, 4.69) is 5.32 Å². The van der Waals surface area contributed by atoms with E-state index in [1.807, 2.05) is 6.92 Å². The van der Waals surface area contributed by atoms with Crippen LogP contribution in [0.1, 0.15) is 6.92 Å².